The van der Waals surface area contributed by atoms with E-state index in [1.807, 2.05) is 49.6 Å². The lowest BCUT2D eigenvalue weighted by atomic mass is 10.2. The molecule has 2 heterocycles. The molecule has 1 aromatic carbocycles. The van der Waals surface area contributed by atoms with Crippen LogP contribution in [0.5, 0.6) is 5.75 Å². The minimum atomic E-state index is -0.572. The molecule has 172 valence electrons. The van der Waals surface area contributed by atoms with Gasteiger partial charge >= 0.3 is 6.09 Å². The molecule has 1 amide bonds. The van der Waals surface area contributed by atoms with Gasteiger partial charge in [-0.05, 0) is 50.1 Å². The molecule has 0 saturated carbocycles. The fraction of sp³-hybridized carbons (Fsp3) is 0.435. The molecule has 1 unspecified atom stereocenters. The molecule has 0 aliphatic carbocycles. The zero-order valence-corrected chi connectivity index (χ0v) is 19.6. The molecule has 32 heavy (non-hydrogen) atoms. The van der Waals surface area contributed by atoms with Gasteiger partial charge in [-0.25, -0.2) is 9.78 Å². The molecule has 3 rings (SSSR count). The third-order valence-corrected chi connectivity index (χ3v) is 5.35. The van der Waals surface area contributed by atoms with Crippen molar-refractivity contribution in [2.75, 3.05) is 20.3 Å². The van der Waals surface area contributed by atoms with Gasteiger partial charge in [-0.1, -0.05) is 25.1 Å². The number of amides is 1. The Labute approximate surface area is 193 Å². The number of carbonyl (C=O) groups excluding carboxylic acids is 1. The van der Waals surface area contributed by atoms with Gasteiger partial charge in [0.2, 0.25) is 5.28 Å². The van der Waals surface area contributed by atoms with Gasteiger partial charge in [0, 0.05) is 38.4 Å². The maximum Gasteiger partial charge on any atom is 0.415 e. The second-order valence-electron chi connectivity index (χ2n) is 7.19. The van der Waals surface area contributed by atoms with E-state index in [0.29, 0.717) is 37.6 Å². The molecule has 0 radical (unpaired) electrons. The molecule has 8 nitrogen and oxygen atoms in total. The summed E-state index contributed by atoms with van der Waals surface area (Å²) in [7, 11) is 1.73. The molecule has 3 aromatic rings. The van der Waals surface area contributed by atoms with Gasteiger partial charge in [0.25, 0.3) is 0 Å². The summed E-state index contributed by atoms with van der Waals surface area (Å²) in [6.07, 6.45) is 1.37. The van der Waals surface area contributed by atoms with Crippen molar-refractivity contribution in [3.05, 3.63) is 53.6 Å². The third kappa shape index (κ3) is 5.56. The lowest BCUT2D eigenvalue weighted by molar-refractivity contribution is -0.144. The zero-order valence-electron chi connectivity index (χ0n) is 18.8. The standard InChI is InChI=1S/C23H29ClN4O4/c1-5-17(27(4)23(29)32-18-11-9-8-10-12-18)15-28-19(21(30-6-2)31-7-3)13-16-14-25-22(24)26-20(16)28/h8-14,17,21H,5-7,15H2,1-4H3. The van der Waals surface area contributed by atoms with Gasteiger partial charge in [-0.2, -0.15) is 4.98 Å². The van der Waals surface area contributed by atoms with E-state index < -0.39 is 12.4 Å². The molecule has 0 N–H and O–H groups in total. The number of carbonyl (C=O) groups is 1. The Kier molecular flexibility index (Phi) is 8.44. The minimum Gasteiger partial charge on any atom is -0.410 e. The smallest absolute Gasteiger partial charge is 0.410 e. The Morgan fingerprint density at radius 1 is 1.16 bits per heavy atom. The number of hydrogen-bond donors (Lipinski definition) is 0. The maximum atomic E-state index is 12.8. The highest BCUT2D eigenvalue weighted by Crippen LogP contribution is 2.28. The Bertz CT molecular complexity index is 1020. The SMILES string of the molecule is CCOC(OCC)c1cc2cnc(Cl)nc2n1CC(CC)N(C)C(=O)Oc1ccccc1. The molecule has 0 fully saturated rings. The second-order valence-corrected chi connectivity index (χ2v) is 7.53. The third-order valence-electron chi connectivity index (χ3n) is 5.16. The highest BCUT2D eigenvalue weighted by Gasteiger charge is 2.26. The lowest BCUT2D eigenvalue weighted by Gasteiger charge is -2.29. The molecule has 1 atom stereocenters. The van der Waals surface area contributed by atoms with Gasteiger partial charge < -0.3 is 23.7 Å². The van der Waals surface area contributed by atoms with Crippen molar-refractivity contribution < 1.29 is 19.0 Å². The van der Waals surface area contributed by atoms with E-state index in [0.717, 1.165) is 11.1 Å². The second kappa shape index (κ2) is 11.3. The molecule has 0 saturated heterocycles. The van der Waals surface area contributed by atoms with Crippen molar-refractivity contribution in [2.24, 2.45) is 0 Å². The van der Waals surface area contributed by atoms with Crippen LogP contribution in [0.25, 0.3) is 11.0 Å². The number of aromatic nitrogens is 3. The number of benzene rings is 1. The van der Waals surface area contributed by atoms with E-state index >= 15 is 0 Å². The van der Waals surface area contributed by atoms with Crippen molar-refractivity contribution >= 4 is 28.7 Å². The summed E-state index contributed by atoms with van der Waals surface area (Å²) in [5, 5.41) is 0.968. The van der Waals surface area contributed by atoms with E-state index in [9.17, 15) is 4.79 Å². The van der Waals surface area contributed by atoms with Crippen LogP contribution in [-0.4, -0.2) is 51.8 Å². The number of halogens is 1. The van der Waals surface area contributed by atoms with E-state index in [4.69, 9.17) is 25.8 Å². The zero-order chi connectivity index (χ0) is 23.1. The molecule has 0 bridgehead atoms. The summed E-state index contributed by atoms with van der Waals surface area (Å²) in [5.74, 6) is 0.499. The first-order chi connectivity index (χ1) is 15.5. The van der Waals surface area contributed by atoms with Crippen molar-refractivity contribution in [2.45, 2.75) is 46.1 Å². The number of rotatable bonds is 10. The highest BCUT2D eigenvalue weighted by atomic mass is 35.5. The average molecular weight is 461 g/mol. The summed E-state index contributed by atoms with van der Waals surface area (Å²) < 4.78 is 19.2. The van der Waals surface area contributed by atoms with Crippen LogP contribution in [0.3, 0.4) is 0 Å². The fourth-order valence-corrected chi connectivity index (χ4v) is 3.62. The number of para-hydroxylation sites is 1. The fourth-order valence-electron chi connectivity index (χ4n) is 3.49. The Balaban J connectivity index is 1.92. The molecular formula is C23H29ClN4O4. The minimum absolute atomic E-state index is 0.151. The largest absolute Gasteiger partial charge is 0.415 e. The predicted molar refractivity (Wildman–Crippen MR) is 123 cm³/mol. The number of nitrogens with zero attached hydrogens (tertiary/aromatic N) is 4. The first-order valence-electron chi connectivity index (χ1n) is 10.7. The van der Waals surface area contributed by atoms with E-state index in [1.165, 1.54) is 0 Å². The van der Waals surface area contributed by atoms with Gasteiger partial charge in [-0.3, -0.25) is 0 Å². The number of hydrogen-bond acceptors (Lipinski definition) is 6. The number of likely N-dealkylation sites (N-methyl/N-ethyl adjacent to an activating group) is 1. The van der Waals surface area contributed by atoms with Crippen LogP contribution >= 0.6 is 11.6 Å². The molecule has 0 aliphatic heterocycles. The van der Waals surface area contributed by atoms with Crippen LogP contribution in [0.4, 0.5) is 4.79 Å². The Hall–Kier alpha value is -2.68. The van der Waals surface area contributed by atoms with Gasteiger partial charge in [-0.15, -0.1) is 0 Å². The highest BCUT2D eigenvalue weighted by molar-refractivity contribution is 6.28. The number of fused-ring (bicyclic) bond motifs is 1. The van der Waals surface area contributed by atoms with Gasteiger partial charge in [0.15, 0.2) is 6.29 Å². The molecule has 2 aromatic heterocycles. The van der Waals surface area contributed by atoms with Crippen molar-refractivity contribution in [1.29, 1.82) is 0 Å². The van der Waals surface area contributed by atoms with Gasteiger partial charge in [0.1, 0.15) is 11.4 Å². The van der Waals surface area contributed by atoms with Crippen LogP contribution in [0, 0.1) is 0 Å². The first kappa shape index (κ1) is 24.0. The summed E-state index contributed by atoms with van der Waals surface area (Å²) in [5.41, 5.74) is 1.45. The van der Waals surface area contributed by atoms with Crippen LogP contribution in [-0.2, 0) is 16.0 Å². The summed E-state index contributed by atoms with van der Waals surface area (Å²) in [4.78, 5) is 22.9. The van der Waals surface area contributed by atoms with Crippen LogP contribution in [0.1, 0.15) is 39.2 Å². The van der Waals surface area contributed by atoms with Crippen molar-refractivity contribution in [1.82, 2.24) is 19.4 Å². The normalized spacial score (nSPS) is 12.3. The summed E-state index contributed by atoms with van der Waals surface area (Å²) in [6, 6.07) is 10.8. The van der Waals surface area contributed by atoms with Crippen LogP contribution in [0.2, 0.25) is 5.28 Å². The van der Waals surface area contributed by atoms with Gasteiger partial charge in [0.05, 0.1) is 11.7 Å². The predicted octanol–water partition coefficient (Wildman–Crippen LogP) is 5.07. The van der Waals surface area contributed by atoms with Crippen molar-refractivity contribution in [3.8, 4) is 5.75 Å². The number of ether oxygens (including phenoxy) is 3. The van der Waals surface area contributed by atoms with E-state index in [-0.39, 0.29) is 11.3 Å². The lowest BCUT2D eigenvalue weighted by Crippen LogP contribution is -2.41. The maximum absolute atomic E-state index is 12.8. The van der Waals surface area contributed by atoms with Crippen molar-refractivity contribution in [3.63, 3.8) is 0 Å². The quantitative estimate of drug-likeness (QED) is 0.310. The van der Waals surface area contributed by atoms with Crippen LogP contribution in [0.15, 0.2) is 42.6 Å². The first-order valence-corrected chi connectivity index (χ1v) is 11.1. The molecule has 0 spiro atoms. The summed E-state index contributed by atoms with van der Waals surface area (Å²) in [6.45, 7) is 7.28. The molecule has 9 heteroatoms. The Morgan fingerprint density at radius 3 is 2.47 bits per heavy atom. The average Bonchev–Trinajstić information content (AvgIpc) is 3.14. The summed E-state index contributed by atoms with van der Waals surface area (Å²) >= 11 is 6.09. The monoisotopic (exact) mass is 460 g/mol. The van der Waals surface area contributed by atoms with E-state index in [2.05, 4.69) is 9.97 Å². The topological polar surface area (TPSA) is 78.7 Å². The van der Waals surface area contributed by atoms with E-state index in [1.54, 1.807) is 30.3 Å². The van der Waals surface area contributed by atoms with Crippen LogP contribution < -0.4 is 4.74 Å². The Morgan fingerprint density at radius 2 is 1.84 bits per heavy atom. The molecule has 0 aliphatic rings. The molecular weight excluding hydrogens is 432 g/mol.